The average molecular weight is 360 g/mol. The van der Waals surface area contributed by atoms with Crippen LogP contribution in [0.4, 0.5) is 5.69 Å². The molecule has 7 nitrogen and oxygen atoms in total. The number of carbonyl (C=O) groups is 1. The number of aromatic amines is 1. The SMILES string of the molecule is O=C(CSc1n[nH]c(CC2CCCC2)n1)Nc1ccc2c(c1)OCO2. The summed E-state index contributed by atoms with van der Waals surface area (Å²) in [6.45, 7) is 0.219. The molecule has 0 bridgehead atoms. The topological polar surface area (TPSA) is 89.1 Å². The number of hydrogen-bond donors (Lipinski definition) is 2. The fraction of sp³-hybridized carbons (Fsp3) is 0.471. The predicted molar refractivity (Wildman–Crippen MR) is 94.0 cm³/mol. The van der Waals surface area contributed by atoms with Crippen molar-refractivity contribution < 1.29 is 14.3 Å². The maximum atomic E-state index is 12.1. The van der Waals surface area contributed by atoms with Gasteiger partial charge >= 0.3 is 0 Å². The number of hydrogen-bond acceptors (Lipinski definition) is 6. The van der Waals surface area contributed by atoms with E-state index in [2.05, 4.69) is 20.5 Å². The molecule has 0 atom stereocenters. The van der Waals surface area contributed by atoms with E-state index in [0.717, 1.165) is 18.2 Å². The summed E-state index contributed by atoms with van der Waals surface area (Å²) in [4.78, 5) is 16.6. The van der Waals surface area contributed by atoms with E-state index in [0.29, 0.717) is 22.3 Å². The van der Waals surface area contributed by atoms with Crippen LogP contribution in [0.15, 0.2) is 23.4 Å². The second-order valence-electron chi connectivity index (χ2n) is 6.32. The van der Waals surface area contributed by atoms with Crippen molar-refractivity contribution in [1.82, 2.24) is 15.2 Å². The van der Waals surface area contributed by atoms with Gasteiger partial charge in [0.2, 0.25) is 17.9 Å². The number of benzene rings is 1. The van der Waals surface area contributed by atoms with E-state index >= 15 is 0 Å². The van der Waals surface area contributed by atoms with Crippen LogP contribution in [-0.4, -0.2) is 33.6 Å². The zero-order valence-corrected chi connectivity index (χ0v) is 14.6. The highest BCUT2D eigenvalue weighted by Crippen LogP contribution is 2.34. The lowest BCUT2D eigenvalue weighted by Gasteiger charge is -2.05. The lowest BCUT2D eigenvalue weighted by molar-refractivity contribution is -0.113. The van der Waals surface area contributed by atoms with Crippen molar-refractivity contribution in [2.75, 3.05) is 17.9 Å². The zero-order valence-electron chi connectivity index (χ0n) is 13.8. The Kier molecular flexibility index (Phi) is 4.78. The van der Waals surface area contributed by atoms with E-state index in [9.17, 15) is 4.79 Å². The molecule has 8 heteroatoms. The second-order valence-corrected chi connectivity index (χ2v) is 7.27. The van der Waals surface area contributed by atoms with Gasteiger partial charge in [0.05, 0.1) is 5.75 Å². The largest absolute Gasteiger partial charge is 0.454 e. The third kappa shape index (κ3) is 4.07. The van der Waals surface area contributed by atoms with E-state index in [-0.39, 0.29) is 18.5 Å². The molecule has 1 aromatic heterocycles. The van der Waals surface area contributed by atoms with Crippen molar-refractivity contribution in [3.8, 4) is 11.5 Å². The molecular formula is C17H20N4O3S. The van der Waals surface area contributed by atoms with Crippen molar-refractivity contribution in [3.05, 3.63) is 24.0 Å². The summed E-state index contributed by atoms with van der Waals surface area (Å²) >= 11 is 1.33. The minimum Gasteiger partial charge on any atom is -0.454 e. The normalized spacial score (nSPS) is 16.3. The van der Waals surface area contributed by atoms with Crippen molar-refractivity contribution in [1.29, 1.82) is 0 Å². The van der Waals surface area contributed by atoms with Gasteiger partial charge in [0.25, 0.3) is 0 Å². The molecule has 132 valence electrons. The molecule has 25 heavy (non-hydrogen) atoms. The molecule has 2 N–H and O–H groups in total. The van der Waals surface area contributed by atoms with Crippen molar-refractivity contribution in [2.45, 2.75) is 37.3 Å². The van der Waals surface area contributed by atoms with Crippen molar-refractivity contribution >= 4 is 23.4 Å². The number of nitrogens with zero attached hydrogens (tertiary/aromatic N) is 2. The van der Waals surface area contributed by atoms with Gasteiger partial charge in [0.1, 0.15) is 5.82 Å². The highest BCUT2D eigenvalue weighted by atomic mass is 32.2. The van der Waals surface area contributed by atoms with E-state index in [4.69, 9.17) is 9.47 Å². The predicted octanol–water partition coefficient (Wildman–Crippen LogP) is 3.00. The van der Waals surface area contributed by atoms with Crippen LogP contribution in [0.25, 0.3) is 0 Å². The minimum absolute atomic E-state index is 0.106. The Bertz CT molecular complexity index is 758. The Labute approximate surface area is 149 Å². The Hall–Kier alpha value is -2.22. The molecule has 1 fully saturated rings. The van der Waals surface area contributed by atoms with E-state index < -0.39 is 0 Å². The first kappa shape index (κ1) is 16.3. The maximum Gasteiger partial charge on any atom is 0.234 e. The minimum atomic E-state index is -0.106. The zero-order chi connectivity index (χ0) is 17.1. The molecule has 0 radical (unpaired) electrons. The molecule has 0 unspecified atom stereocenters. The number of nitrogens with one attached hydrogen (secondary N) is 2. The molecule has 0 saturated heterocycles. The smallest absolute Gasteiger partial charge is 0.234 e. The van der Waals surface area contributed by atoms with E-state index in [1.54, 1.807) is 18.2 Å². The van der Waals surface area contributed by atoms with Gasteiger partial charge in [-0.1, -0.05) is 37.4 Å². The molecular weight excluding hydrogens is 340 g/mol. The van der Waals surface area contributed by atoms with Crippen LogP contribution in [0, 0.1) is 5.92 Å². The summed E-state index contributed by atoms with van der Waals surface area (Å²) in [6.07, 6.45) is 6.15. The lowest BCUT2D eigenvalue weighted by Crippen LogP contribution is -2.14. The number of rotatable bonds is 6. The Morgan fingerprint density at radius 2 is 2.12 bits per heavy atom. The molecule has 1 aliphatic carbocycles. The molecule has 1 aromatic carbocycles. The number of fused-ring (bicyclic) bond motifs is 1. The highest BCUT2D eigenvalue weighted by Gasteiger charge is 2.18. The van der Waals surface area contributed by atoms with E-state index in [1.165, 1.54) is 37.4 Å². The van der Waals surface area contributed by atoms with Gasteiger partial charge in [-0.05, 0) is 18.1 Å². The van der Waals surface area contributed by atoms with Gasteiger partial charge in [0.15, 0.2) is 11.5 Å². The second kappa shape index (κ2) is 7.35. The number of anilines is 1. The van der Waals surface area contributed by atoms with Crippen LogP contribution in [0.3, 0.4) is 0 Å². The van der Waals surface area contributed by atoms with Gasteiger partial charge in [-0.15, -0.1) is 5.10 Å². The third-order valence-corrected chi connectivity index (χ3v) is 5.30. The van der Waals surface area contributed by atoms with Crippen LogP contribution >= 0.6 is 11.8 Å². The lowest BCUT2D eigenvalue weighted by atomic mass is 10.0. The van der Waals surface area contributed by atoms with Crippen LogP contribution in [0.1, 0.15) is 31.5 Å². The summed E-state index contributed by atoms with van der Waals surface area (Å²) in [5.74, 6) is 3.14. The molecule has 0 spiro atoms. The van der Waals surface area contributed by atoms with E-state index in [1.807, 2.05) is 0 Å². The van der Waals surface area contributed by atoms with Gasteiger partial charge in [-0.2, -0.15) is 0 Å². The summed E-state index contributed by atoms with van der Waals surface area (Å²) in [7, 11) is 0. The van der Waals surface area contributed by atoms with Crippen LogP contribution in [0.2, 0.25) is 0 Å². The molecule has 2 heterocycles. The summed E-state index contributed by atoms with van der Waals surface area (Å²) in [6, 6.07) is 5.34. The number of amides is 1. The molecule has 4 rings (SSSR count). The third-order valence-electron chi connectivity index (χ3n) is 4.46. The quantitative estimate of drug-likeness (QED) is 0.770. The fourth-order valence-electron chi connectivity index (χ4n) is 3.22. The fourth-order valence-corrected chi connectivity index (χ4v) is 3.84. The first-order valence-electron chi connectivity index (χ1n) is 8.50. The van der Waals surface area contributed by atoms with Crippen molar-refractivity contribution in [2.24, 2.45) is 5.92 Å². The summed E-state index contributed by atoms with van der Waals surface area (Å²) in [5.41, 5.74) is 0.687. The Balaban J connectivity index is 1.26. The maximum absolute atomic E-state index is 12.1. The summed E-state index contributed by atoms with van der Waals surface area (Å²) < 4.78 is 10.6. The van der Waals surface area contributed by atoms with Crippen LogP contribution in [0.5, 0.6) is 11.5 Å². The van der Waals surface area contributed by atoms with Crippen LogP contribution < -0.4 is 14.8 Å². The number of H-pyrrole nitrogens is 1. The number of thioether (sulfide) groups is 1. The van der Waals surface area contributed by atoms with Gasteiger partial charge in [-0.25, -0.2) is 4.98 Å². The number of carbonyl (C=O) groups excluding carboxylic acids is 1. The standard InChI is InChI=1S/C17H20N4O3S/c22-16(18-12-5-6-13-14(8-12)24-10-23-13)9-25-17-19-15(20-21-17)7-11-3-1-2-4-11/h5-6,8,11H,1-4,7,9-10H2,(H,18,22)(H,19,20,21). The van der Waals surface area contributed by atoms with Crippen LogP contribution in [-0.2, 0) is 11.2 Å². The first-order valence-corrected chi connectivity index (χ1v) is 9.48. The van der Waals surface area contributed by atoms with Crippen molar-refractivity contribution in [3.63, 3.8) is 0 Å². The molecule has 2 aromatic rings. The molecule has 2 aliphatic rings. The Morgan fingerprint density at radius 1 is 1.28 bits per heavy atom. The van der Waals surface area contributed by atoms with Gasteiger partial charge in [-0.3, -0.25) is 9.89 Å². The molecule has 1 amide bonds. The molecule has 1 saturated carbocycles. The monoisotopic (exact) mass is 360 g/mol. The molecule has 1 aliphatic heterocycles. The number of ether oxygens (including phenoxy) is 2. The van der Waals surface area contributed by atoms with Gasteiger partial charge in [0, 0.05) is 18.2 Å². The summed E-state index contributed by atoms with van der Waals surface area (Å²) in [5, 5.41) is 10.7. The number of aromatic nitrogens is 3. The highest BCUT2D eigenvalue weighted by molar-refractivity contribution is 7.99. The van der Waals surface area contributed by atoms with Gasteiger partial charge < -0.3 is 14.8 Å². The first-order chi connectivity index (χ1) is 12.3. The average Bonchev–Trinajstić information content (AvgIpc) is 3.35. The Morgan fingerprint density at radius 3 is 3.00 bits per heavy atom.